The smallest absolute Gasteiger partial charge is 0.343 e. The average molecular weight is 328 g/mol. The Morgan fingerprint density at radius 2 is 2.00 bits per heavy atom. The molecule has 1 N–H and O–H groups in total. The number of carbonyl (C=O) groups is 1. The normalized spacial score (nSPS) is 15.6. The third-order valence-corrected chi connectivity index (χ3v) is 3.89. The molecule has 9 heteroatoms. The number of nitrogens with one attached hydrogen (secondary N) is 1. The van der Waals surface area contributed by atoms with Crippen LogP contribution in [0, 0.1) is 6.92 Å². The first-order chi connectivity index (χ1) is 10.8. The van der Waals surface area contributed by atoms with Crippen molar-refractivity contribution < 1.29 is 18.0 Å². The Morgan fingerprint density at radius 1 is 1.35 bits per heavy atom. The second-order valence-corrected chi connectivity index (χ2v) is 5.63. The predicted molar refractivity (Wildman–Crippen MR) is 75.9 cm³/mol. The monoisotopic (exact) mass is 328 g/mol. The van der Waals surface area contributed by atoms with Crippen LogP contribution in [0.15, 0.2) is 10.9 Å². The molecule has 1 amide bonds. The van der Waals surface area contributed by atoms with E-state index in [1.807, 2.05) is 0 Å². The van der Waals surface area contributed by atoms with E-state index >= 15 is 0 Å². The number of rotatable bonds is 2. The van der Waals surface area contributed by atoms with Crippen LogP contribution in [0.5, 0.6) is 0 Å². The summed E-state index contributed by atoms with van der Waals surface area (Å²) in [5, 5.41) is 0.0460. The van der Waals surface area contributed by atoms with E-state index < -0.39 is 30.0 Å². The lowest BCUT2D eigenvalue weighted by molar-refractivity contribution is -0.149. The summed E-state index contributed by atoms with van der Waals surface area (Å²) in [6, 6.07) is 1.43. The fourth-order valence-corrected chi connectivity index (χ4v) is 2.80. The maximum absolute atomic E-state index is 13.2. The minimum absolute atomic E-state index is 0.0460. The molecule has 0 spiro atoms. The molecule has 0 unspecified atom stereocenters. The first-order valence-electron chi connectivity index (χ1n) is 7.22. The van der Waals surface area contributed by atoms with Crippen LogP contribution < -0.4 is 5.56 Å². The van der Waals surface area contributed by atoms with Crippen LogP contribution in [-0.4, -0.2) is 38.4 Å². The van der Waals surface area contributed by atoms with Crippen LogP contribution in [-0.2, 0) is 17.5 Å². The number of aromatic nitrogens is 3. The summed E-state index contributed by atoms with van der Waals surface area (Å²) in [6.07, 6.45) is -3.18. The molecule has 1 fully saturated rings. The van der Waals surface area contributed by atoms with E-state index in [4.69, 9.17) is 0 Å². The van der Waals surface area contributed by atoms with E-state index in [9.17, 15) is 22.8 Å². The maximum atomic E-state index is 13.2. The van der Waals surface area contributed by atoms with Crippen molar-refractivity contribution in [2.75, 3.05) is 13.1 Å². The first-order valence-corrected chi connectivity index (χ1v) is 7.22. The molecule has 1 aliphatic heterocycles. The molecule has 1 aliphatic rings. The molecule has 2 aromatic rings. The van der Waals surface area contributed by atoms with Crippen LogP contribution in [0.1, 0.15) is 24.4 Å². The highest BCUT2D eigenvalue weighted by molar-refractivity contribution is 5.78. The van der Waals surface area contributed by atoms with Gasteiger partial charge in [-0.2, -0.15) is 13.2 Å². The van der Waals surface area contributed by atoms with Gasteiger partial charge in [-0.25, -0.2) is 4.98 Å². The van der Waals surface area contributed by atoms with E-state index in [-0.39, 0.29) is 11.0 Å². The van der Waals surface area contributed by atoms with E-state index in [1.54, 1.807) is 6.92 Å². The van der Waals surface area contributed by atoms with E-state index in [0.29, 0.717) is 23.4 Å². The largest absolute Gasteiger partial charge is 0.449 e. The minimum atomic E-state index is -4.82. The maximum Gasteiger partial charge on any atom is 0.449 e. The van der Waals surface area contributed by atoms with Crippen molar-refractivity contribution >= 4 is 16.9 Å². The fourth-order valence-electron chi connectivity index (χ4n) is 2.80. The van der Waals surface area contributed by atoms with Crippen molar-refractivity contribution in [2.45, 2.75) is 32.5 Å². The first kappa shape index (κ1) is 15.6. The zero-order valence-electron chi connectivity index (χ0n) is 12.4. The number of amides is 1. The average Bonchev–Trinajstić information content (AvgIpc) is 3.09. The summed E-state index contributed by atoms with van der Waals surface area (Å²) in [4.78, 5) is 32.2. The molecule has 0 bridgehead atoms. The quantitative estimate of drug-likeness (QED) is 0.912. The number of fused-ring (bicyclic) bond motifs is 1. The second kappa shape index (κ2) is 5.39. The summed E-state index contributed by atoms with van der Waals surface area (Å²) in [5.41, 5.74) is -0.453. The predicted octanol–water partition coefficient (Wildman–Crippen LogP) is 1.67. The van der Waals surface area contributed by atoms with Gasteiger partial charge in [-0.1, -0.05) is 0 Å². The molecule has 0 saturated carbocycles. The van der Waals surface area contributed by atoms with Gasteiger partial charge < -0.3 is 9.88 Å². The Hall–Kier alpha value is -2.32. The number of aryl methyl sites for hydroxylation is 1. The number of halogens is 3. The van der Waals surface area contributed by atoms with Gasteiger partial charge in [0, 0.05) is 18.8 Å². The number of alkyl halides is 3. The summed E-state index contributed by atoms with van der Waals surface area (Å²) >= 11 is 0. The Kier molecular flexibility index (Phi) is 3.65. The molecule has 23 heavy (non-hydrogen) atoms. The SMILES string of the molecule is Cc1cc2c(=O)n(CC(=O)N3CCCC3)c(C(F)(F)F)nc2[nH]1. The molecule has 6 nitrogen and oxygen atoms in total. The number of likely N-dealkylation sites (tertiary alicyclic amines) is 1. The molecule has 1 saturated heterocycles. The van der Waals surface area contributed by atoms with E-state index in [2.05, 4.69) is 9.97 Å². The number of carbonyl (C=O) groups excluding carboxylic acids is 1. The summed E-state index contributed by atoms with van der Waals surface area (Å²) in [6.45, 7) is 1.98. The zero-order valence-corrected chi connectivity index (χ0v) is 12.4. The lowest BCUT2D eigenvalue weighted by Crippen LogP contribution is -2.38. The number of H-pyrrole nitrogens is 1. The fraction of sp³-hybridized carbons (Fsp3) is 0.500. The molecule has 0 aromatic carbocycles. The van der Waals surface area contributed by atoms with Gasteiger partial charge in [0.1, 0.15) is 12.2 Å². The molecule has 0 atom stereocenters. The van der Waals surface area contributed by atoms with Crippen LogP contribution in [0.4, 0.5) is 13.2 Å². The van der Waals surface area contributed by atoms with Crippen molar-refractivity contribution in [3.8, 4) is 0 Å². The zero-order chi connectivity index (χ0) is 16.8. The Balaban J connectivity index is 2.10. The molecular weight excluding hydrogens is 313 g/mol. The molecule has 0 aliphatic carbocycles. The topological polar surface area (TPSA) is 71.0 Å². The number of aromatic amines is 1. The van der Waals surface area contributed by atoms with Crippen LogP contribution >= 0.6 is 0 Å². The molecule has 2 aromatic heterocycles. The highest BCUT2D eigenvalue weighted by Crippen LogP contribution is 2.28. The molecule has 0 radical (unpaired) electrons. The van der Waals surface area contributed by atoms with Gasteiger partial charge in [0.25, 0.3) is 5.56 Å². The van der Waals surface area contributed by atoms with Crippen molar-refractivity contribution in [3.05, 3.63) is 27.9 Å². The third kappa shape index (κ3) is 2.82. The third-order valence-electron chi connectivity index (χ3n) is 3.89. The summed E-state index contributed by atoms with van der Waals surface area (Å²) < 4.78 is 40.1. The summed E-state index contributed by atoms with van der Waals surface area (Å²) in [5.74, 6) is -1.85. The van der Waals surface area contributed by atoms with Crippen LogP contribution in [0.2, 0.25) is 0 Å². The van der Waals surface area contributed by atoms with Gasteiger partial charge in [-0.05, 0) is 25.8 Å². The van der Waals surface area contributed by atoms with Gasteiger partial charge in [-0.15, -0.1) is 0 Å². The van der Waals surface area contributed by atoms with Crippen molar-refractivity contribution in [2.24, 2.45) is 0 Å². The van der Waals surface area contributed by atoms with Gasteiger partial charge in [0.15, 0.2) is 0 Å². The van der Waals surface area contributed by atoms with Gasteiger partial charge in [-0.3, -0.25) is 14.2 Å². The van der Waals surface area contributed by atoms with Crippen LogP contribution in [0.3, 0.4) is 0 Å². The van der Waals surface area contributed by atoms with E-state index in [0.717, 1.165) is 12.8 Å². The Morgan fingerprint density at radius 3 is 2.61 bits per heavy atom. The summed E-state index contributed by atoms with van der Waals surface area (Å²) in [7, 11) is 0. The second-order valence-electron chi connectivity index (χ2n) is 5.63. The van der Waals surface area contributed by atoms with Crippen molar-refractivity contribution in [1.29, 1.82) is 0 Å². The lowest BCUT2D eigenvalue weighted by Gasteiger charge is -2.18. The van der Waals surface area contributed by atoms with Gasteiger partial charge >= 0.3 is 6.18 Å². The number of hydrogen-bond acceptors (Lipinski definition) is 3. The van der Waals surface area contributed by atoms with Gasteiger partial charge in [0.2, 0.25) is 11.7 Å². The minimum Gasteiger partial charge on any atom is -0.343 e. The van der Waals surface area contributed by atoms with E-state index in [1.165, 1.54) is 11.0 Å². The van der Waals surface area contributed by atoms with Crippen molar-refractivity contribution in [1.82, 2.24) is 19.4 Å². The highest BCUT2D eigenvalue weighted by Gasteiger charge is 2.38. The number of nitrogens with zero attached hydrogens (tertiary/aromatic N) is 3. The molecular formula is C14H15F3N4O2. The molecule has 3 rings (SSSR count). The Labute approximate surface area is 128 Å². The van der Waals surface area contributed by atoms with Crippen molar-refractivity contribution in [3.63, 3.8) is 0 Å². The standard InChI is InChI=1S/C14H15F3N4O2/c1-8-6-9-11(18-8)19-13(14(15,16)17)21(12(9)23)7-10(22)20-4-2-3-5-20/h6,18H,2-5,7H2,1H3. The Bertz CT molecular complexity index is 816. The van der Waals surface area contributed by atoms with Crippen LogP contribution in [0.25, 0.3) is 11.0 Å². The van der Waals surface area contributed by atoms with Gasteiger partial charge in [0.05, 0.1) is 5.39 Å². The lowest BCUT2D eigenvalue weighted by atomic mass is 10.3. The number of hydrogen-bond donors (Lipinski definition) is 1. The highest BCUT2D eigenvalue weighted by atomic mass is 19.4. The molecule has 124 valence electrons. The molecule has 3 heterocycles.